The van der Waals surface area contributed by atoms with Crippen LogP contribution in [0.15, 0.2) is 52.5 Å². The number of benzene rings is 1. The van der Waals surface area contributed by atoms with Crippen molar-refractivity contribution in [2.75, 3.05) is 0 Å². The van der Waals surface area contributed by atoms with E-state index in [0.717, 1.165) is 17.7 Å². The Morgan fingerprint density at radius 1 is 1.09 bits per heavy atom. The van der Waals surface area contributed by atoms with Crippen molar-refractivity contribution in [3.8, 4) is 0 Å². The molecular weight excluding hydrogens is 292 g/mol. The van der Waals surface area contributed by atoms with Gasteiger partial charge in [-0.3, -0.25) is 0 Å². The highest BCUT2D eigenvalue weighted by Gasteiger charge is 2.63. The second-order valence-electron chi connectivity index (χ2n) is 6.99. The van der Waals surface area contributed by atoms with Crippen molar-refractivity contribution in [3.05, 3.63) is 47.7 Å². The van der Waals surface area contributed by atoms with Crippen molar-refractivity contribution in [1.82, 2.24) is 0 Å². The van der Waals surface area contributed by atoms with E-state index in [2.05, 4.69) is 29.4 Å². The van der Waals surface area contributed by atoms with Crippen LogP contribution >= 0.6 is 0 Å². The number of aliphatic hydroxyl groups excluding tert-OH is 1. The molecule has 1 aromatic carbocycles. The maximum Gasteiger partial charge on any atom is 0.0799 e. The highest BCUT2D eigenvalue weighted by molar-refractivity contribution is 6.14. The summed E-state index contributed by atoms with van der Waals surface area (Å²) in [5.74, 6) is 0.0128. The third-order valence-corrected chi connectivity index (χ3v) is 6.28. The first kappa shape index (κ1) is 14.3. The fraction of sp³-hybridized carbons (Fsp3) is 0.444. The predicted octanol–water partition coefficient (Wildman–Crippen LogP) is 3.33. The molecule has 5 rings (SSSR count). The zero-order valence-corrected chi connectivity index (χ0v) is 12.9. The Morgan fingerprint density at radius 2 is 1.78 bits per heavy atom. The van der Waals surface area contributed by atoms with Gasteiger partial charge in [-0.2, -0.15) is 0 Å². The number of aliphatic hydroxyl groups is 1. The zero-order valence-electron chi connectivity index (χ0n) is 12.9. The SMILES string of the molecule is CC1C2CC3(c4ccccc4)CC(C2=NO)C(=NO)C1C3=CO. The summed E-state index contributed by atoms with van der Waals surface area (Å²) >= 11 is 0. The lowest BCUT2D eigenvalue weighted by atomic mass is 9.42. The second kappa shape index (κ2) is 4.85. The van der Waals surface area contributed by atoms with Crippen LogP contribution < -0.4 is 0 Å². The Balaban J connectivity index is 1.95. The van der Waals surface area contributed by atoms with Gasteiger partial charge in [0.2, 0.25) is 0 Å². The third kappa shape index (κ3) is 1.62. The number of rotatable bonds is 1. The molecule has 5 nitrogen and oxygen atoms in total. The normalized spacial score (nSPS) is 43.6. The quantitative estimate of drug-likeness (QED) is 0.422. The molecule has 5 heteroatoms. The number of hydrogen-bond acceptors (Lipinski definition) is 5. The van der Waals surface area contributed by atoms with Gasteiger partial charge in [-0.25, -0.2) is 0 Å². The average molecular weight is 312 g/mol. The maximum atomic E-state index is 10.0. The first-order chi connectivity index (χ1) is 11.2. The summed E-state index contributed by atoms with van der Waals surface area (Å²) in [7, 11) is 0. The summed E-state index contributed by atoms with van der Waals surface area (Å²) in [4.78, 5) is 0. The predicted molar refractivity (Wildman–Crippen MR) is 86.1 cm³/mol. The van der Waals surface area contributed by atoms with Crippen molar-refractivity contribution in [2.24, 2.45) is 34.0 Å². The van der Waals surface area contributed by atoms with Gasteiger partial charge in [0.15, 0.2) is 0 Å². The smallest absolute Gasteiger partial charge is 0.0799 e. The summed E-state index contributed by atoms with van der Waals surface area (Å²) < 4.78 is 0. The fourth-order valence-electron chi connectivity index (χ4n) is 5.32. The Kier molecular flexibility index (Phi) is 3.01. The van der Waals surface area contributed by atoms with Crippen LogP contribution in [0.5, 0.6) is 0 Å². The minimum Gasteiger partial charge on any atom is -0.516 e. The molecule has 5 atom stereocenters. The van der Waals surface area contributed by atoms with Gasteiger partial charge in [0.05, 0.1) is 17.7 Å². The standard InChI is InChI=1S/C18H20N2O3/c1-10-12-7-18(11-5-3-2-4-6-11)8-13(16(12)19-22)17(20-23)15(10)14(18)9-21/h2-6,9-10,12-13,15,21-23H,7-8H2,1H3. The van der Waals surface area contributed by atoms with E-state index >= 15 is 0 Å². The molecule has 23 heavy (non-hydrogen) atoms. The second-order valence-corrected chi connectivity index (χ2v) is 6.99. The molecule has 0 radical (unpaired) electrons. The van der Waals surface area contributed by atoms with Crippen molar-refractivity contribution >= 4 is 11.4 Å². The van der Waals surface area contributed by atoms with Crippen LogP contribution in [-0.4, -0.2) is 26.9 Å². The van der Waals surface area contributed by atoms with Gasteiger partial charge >= 0.3 is 0 Å². The molecule has 4 bridgehead atoms. The number of hydrogen-bond donors (Lipinski definition) is 3. The molecule has 120 valence electrons. The van der Waals surface area contributed by atoms with Crippen LogP contribution in [0.25, 0.3) is 0 Å². The Morgan fingerprint density at radius 3 is 2.39 bits per heavy atom. The highest BCUT2D eigenvalue weighted by atomic mass is 16.4. The largest absolute Gasteiger partial charge is 0.516 e. The minimum absolute atomic E-state index is 0.104. The molecule has 1 aromatic rings. The lowest BCUT2D eigenvalue weighted by Gasteiger charge is -2.60. The van der Waals surface area contributed by atoms with E-state index in [1.54, 1.807) is 0 Å². The maximum absolute atomic E-state index is 10.0. The zero-order chi connectivity index (χ0) is 16.2. The van der Waals surface area contributed by atoms with Crippen LogP contribution in [0.4, 0.5) is 0 Å². The van der Waals surface area contributed by atoms with Crippen LogP contribution in [0.2, 0.25) is 0 Å². The lowest BCUT2D eigenvalue weighted by molar-refractivity contribution is 0.151. The number of nitrogens with zero attached hydrogens (tertiary/aromatic N) is 2. The first-order valence-electron chi connectivity index (χ1n) is 8.02. The molecule has 0 aromatic heterocycles. The van der Waals surface area contributed by atoms with E-state index < -0.39 is 0 Å². The van der Waals surface area contributed by atoms with Crippen LogP contribution in [0.3, 0.4) is 0 Å². The molecular formula is C18H20N2O3. The Bertz CT molecular complexity index is 725. The number of allylic oxidation sites excluding steroid dienone is 1. The van der Waals surface area contributed by atoms with Crippen molar-refractivity contribution in [1.29, 1.82) is 0 Å². The Hall–Kier alpha value is -2.30. The van der Waals surface area contributed by atoms with Gasteiger partial charge in [0.1, 0.15) is 0 Å². The summed E-state index contributed by atoms with van der Waals surface area (Å²) in [6.45, 7) is 2.08. The average Bonchev–Trinajstić information content (AvgIpc) is 2.60. The highest BCUT2D eigenvalue weighted by Crippen LogP contribution is 2.63. The van der Waals surface area contributed by atoms with Gasteiger partial charge in [-0.05, 0) is 29.9 Å². The van der Waals surface area contributed by atoms with Crippen molar-refractivity contribution in [3.63, 3.8) is 0 Å². The van der Waals surface area contributed by atoms with Crippen LogP contribution in [-0.2, 0) is 5.41 Å². The summed E-state index contributed by atoms with van der Waals surface area (Å²) in [5.41, 5.74) is 3.16. The van der Waals surface area contributed by atoms with Gasteiger partial charge in [0, 0.05) is 23.2 Å². The molecule has 0 aliphatic heterocycles. The molecule has 0 heterocycles. The monoisotopic (exact) mass is 312 g/mol. The fourth-order valence-corrected chi connectivity index (χ4v) is 5.32. The van der Waals surface area contributed by atoms with E-state index in [-0.39, 0.29) is 29.1 Å². The summed E-state index contributed by atoms with van der Waals surface area (Å²) in [6.07, 6.45) is 2.70. The molecule has 3 N–H and O–H groups in total. The van der Waals surface area contributed by atoms with E-state index in [9.17, 15) is 15.5 Å². The summed E-state index contributed by atoms with van der Waals surface area (Å²) in [6, 6.07) is 10.2. The number of oxime groups is 2. The van der Waals surface area contributed by atoms with Crippen molar-refractivity contribution < 1.29 is 15.5 Å². The lowest BCUT2D eigenvalue weighted by Crippen LogP contribution is -2.63. The minimum atomic E-state index is -0.273. The van der Waals surface area contributed by atoms with E-state index in [0.29, 0.717) is 12.1 Å². The third-order valence-electron chi connectivity index (χ3n) is 6.28. The Labute approximate surface area is 134 Å². The molecule has 4 fully saturated rings. The van der Waals surface area contributed by atoms with E-state index in [1.165, 1.54) is 11.8 Å². The first-order valence-corrected chi connectivity index (χ1v) is 8.02. The summed E-state index contributed by atoms with van der Waals surface area (Å²) in [5, 5.41) is 36.1. The van der Waals surface area contributed by atoms with Gasteiger partial charge < -0.3 is 15.5 Å². The van der Waals surface area contributed by atoms with E-state index in [1.807, 2.05) is 18.2 Å². The van der Waals surface area contributed by atoms with Gasteiger partial charge in [-0.15, -0.1) is 0 Å². The molecule has 4 aliphatic carbocycles. The molecule has 5 unspecified atom stereocenters. The van der Waals surface area contributed by atoms with Crippen LogP contribution in [0.1, 0.15) is 25.3 Å². The van der Waals surface area contributed by atoms with Crippen LogP contribution in [0, 0.1) is 23.7 Å². The van der Waals surface area contributed by atoms with Gasteiger partial charge in [0.25, 0.3) is 0 Å². The molecule has 4 aliphatic rings. The molecule has 4 saturated carbocycles. The topological polar surface area (TPSA) is 85.4 Å². The van der Waals surface area contributed by atoms with Crippen molar-refractivity contribution in [2.45, 2.75) is 25.2 Å². The molecule has 0 saturated heterocycles. The molecule has 0 amide bonds. The molecule has 0 spiro atoms. The van der Waals surface area contributed by atoms with Gasteiger partial charge in [-0.1, -0.05) is 47.6 Å². The van der Waals surface area contributed by atoms with E-state index in [4.69, 9.17) is 0 Å².